The van der Waals surface area contributed by atoms with Gasteiger partial charge in [-0.25, -0.2) is 0 Å². The smallest absolute Gasteiger partial charge is 0.175 e. The molecule has 0 saturated heterocycles. The summed E-state index contributed by atoms with van der Waals surface area (Å²) in [6.45, 7) is 4.86. The van der Waals surface area contributed by atoms with Crippen molar-refractivity contribution in [2.45, 2.75) is 31.9 Å². The van der Waals surface area contributed by atoms with Gasteiger partial charge in [0, 0.05) is 19.3 Å². The molecule has 100 valence electrons. The molecular formula is C15H22O2S. The minimum Gasteiger partial charge on any atom is -0.385 e. The number of thioether (sulfide) groups is 1. The zero-order valence-electron chi connectivity index (χ0n) is 11.4. The van der Waals surface area contributed by atoms with E-state index in [1.807, 2.05) is 31.2 Å². The van der Waals surface area contributed by atoms with Gasteiger partial charge in [0.25, 0.3) is 0 Å². The largest absolute Gasteiger partial charge is 0.385 e. The molecule has 1 atom stereocenters. The fourth-order valence-electron chi connectivity index (χ4n) is 1.68. The summed E-state index contributed by atoms with van der Waals surface area (Å²) in [6, 6.07) is 7.95. The molecule has 0 heterocycles. The van der Waals surface area contributed by atoms with E-state index in [-0.39, 0.29) is 11.0 Å². The van der Waals surface area contributed by atoms with Crippen molar-refractivity contribution < 1.29 is 9.53 Å². The van der Waals surface area contributed by atoms with Crippen LogP contribution in [0, 0.1) is 0 Å². The summed E-state index contributed by atoms with van der Waals surface area (Å²) in [6.07, 6.45) is 2.00. The number of rotatable bonds is 8. The maximum Gasteiger partial charge on any atom is 0.175 e. The molecule has 0 saturated carbocycles. The van der Waals surface area contributed by atoms with Crippen LogP contribution in [0.1, 0.15) is 36.2 Å². The highest BCUT2D eigenvalue weighted by molar-refractivity contribution is 8.00. The van der Waals surface area contributed by atoms with Crippen LogP contribution >= 0.6 is 11.8 Å². The lowest BCUT2D eigenvalue weighted by Crippen LogP contribution is -2.14. The van der Waals surface area contributed by atoms with Crippen LogP contribution in [-0.4, -0.2) is 30.5 Å². The Morgan fingerprint density at radius 3 is 2.56 bits per heavy atom. The van der Waals surface area contributed by atoms with Gasteiger partial charge in [-0.3, -0.25) is 4.79 Å². The van der Waals surface area contributed by atoms with Crippen LogP contribution in [-0.2, 0) is 11.2 Å². The topological polar surface area (TPSA) is 26.3 Å². The standard InChI is InChI=1S/C15H22O2S/c1-4-13-6-8-14(9-7-13)15(16)12(2)18-11-5-10-17-3/h6-9,12H,4-5,10-11H2,1-3H3. The molecule has 3 heteroatoms. The first-order valence-electron chi connectivity index (χ1n) is 6.42. The number of hydrogen-bond acceptors (Lipinski definition) is 3. The molecule has 0 N–H and O–H groups in total. The molecule has 0 fully saturated rings. The zero-order valence-corrected chi connectivity index (χ0v) is 12.3. The first-order valence-corrected chi connectivity index (χ1v) is 7.47. The first kappa shape index (κ1) is 15.3. The first-order chi connectivity index (χ1) is 8.69. The number of hydrogen-bond donors (Lipinski definition) is 0. The van der Waals surface area contributed by atoms with E-state index in [0.717, 1.165) is 30.8 Å². The Morgan fingerprint density at radius 1 is 1.33 bits per heavy atom. The van der Waals surface area contributed by atoms with E-state index in [2.05, 4.69) is 6.92 Å². The number of methoxy groups -OCH3 is 1. The van der Waals surface area contributed by atoms with E-state index in [9.17, 15) is 4.79 Å². The van der Waals surface area contributed by atoms with E-state index < -0.39 is 0 Å². The van der Waals surface area contributed by atoms with E-state index in [4.69, 9.17) is 4.74 Å². The average Bonchev–Trinajstić information content (AvgIpc) is 2.42. The van der Waals surface area contributed by atoms with Gasteiger partial charge in [0.05, 0.1) is 5.25 Å². The number of carbonyl (C=O) groups excluding carboxylic acids is 1. The van der Waals surface area contributed by atoms with E-state index >= 15 is 0 Å². The van der Waals surface area contributed by atoms with Crippen LogP contribution in [0.4, 0.5) is 0 Å². The molecule has 0 aliphatic heterocycles. The van der Waals surface area contributed by atoms with Gasteiger partial charge in [-0.2, -0.15) is 11.8 Å². The van der Waals surface area contributed by atoms with Gasteiger partial charge >= 0.3 is 0 Å². The van der Waals surface area contributed by atoms with Crippen molar-refractivity contribution in [1.82, 2.24) is 0 Å². The summed E-state index contributed by atoms with van der Waals surface area (Å²) in [5.41, 5.74) is 2.09. The summed E-state index contributed by atoms with van der Waals surface area (Å²) in [7, 11) is 1.70. The highest BCUT2D eigenvalue weighted by Gasteiger charge is 2.14. The van der Waals surface area contributed by atoms with E-state index in [0.29, 0.717) is 0 Å². The Labute approximate surface area is 114 Å². The lowest BCUT2D eigenvalue weighted by atomic mass is 10.1. The van der Waals surface area contributed by atoms with Crippen molar-refractivity contribution in [3.63, 3.8) is 0 Å². The molecule has 0 aromatic heterocycles. The third kappa shape index (κ3) is 4.83. The van der Waals surface area contributed by atoms with Gasteiger partial charge in [-0.05, 0) is 31.1 Å². The molecule has 1 aromatic carbocycles. The third-order valence-corrected chi connectivity index (χ3v) is 4.12. The Bertz CT molecular complexity index is 359. The monoisotopic (exact) mass is 266 g/mol. The average molecular weight is 266 g/mol. The summed E-state index contributed by atoms with van der Waals surface area (Å²) in [5, 5.41) is 0.0225. The van der Waals surface area contributed by atoms with Crippen molar-refractivity contribution in [2.75, 3.05) is 19.5 Å². The molecule has 1 aromatic rings. The number of ketones is 1. The number of ether oxygens (including phenoxy) is 1. The van der Waals surface area contributed by atoms with Crippen molar-refractivity contribution >= 4 is 17.5 Å². The van der Waals surface area contributed by atoms with Crippen LogP contribution in [0.15, 0.2) is 24.3 Å². The molecule has 1 unspecified atom stereocenters. The van der Waals surface area contributed by atoms with Gasteiger partial charge in [0.15, 0.2) is 5.78 Å². The van der Waals surface area contributed by atoms with Gasteiger partial charge in [0.1, 0.15) is 0 Å². The molecule has 1 rings (SSSR count). The normalized spacial score (nSPS) is 12.4. The van der Waals surface area contributed by atoms with Gasteiger partial charge in [-0.15, -0.1) is 0 Å². The second-order valence-electron chi connectivity index (χ2n) is 4.27. The SMILES string of the molecule is CCc1ccc(C(=O)C(C)SCCCOC)cc1. The molecule has 0 aliphatic rings. The summed E-state index contributed by atoms with van der Waals surface area (Å²) in [5.74, 6) is 1.19. The molecule has 18 heavy (non-hydrogen) atoms. The quantitative estimate of drug-likeness (QED) is 0.531. The number of carbonyl (C=O) groups is 1. The van der Waals surface area contributed by atoms with E-state index in [1.165, 1.54) is 5.56 Å². The molecule has 0 bridgehead atoms. The number of benzene rings is 1. The lowest BCUT2D eigenvalue weighted by molar-refractivity contribution is 0.0994. The summed E-state index contributed by atoms with van der Waals surface area (Å²) in [4.78, 5) is 12.2. The maximum atomic E-state index is 12.2. The fourth-order valence-corrected chi connectivity index (χ4v) is 2.60. The van der Waals surface area contributed by atoms with Crippen molar-refractivity contribution in [3.8, 4) is 0 Å². The number of Topliss-reactive ketones (excluding diaryl/α,β-unsaturated/α-hetero) is 1. The maximum absolute atomic E-state index is 12.2. The van der Waals surface area contributed by atoms with Crippen LogP contribution in [0.3, 0.4) is 0 Å². The highest BCUT2D eigenvalue weighted by atomic mass is 32.2. The molecule has 0 aliphatic carbocycles. The third-order valence-electron chi connectivity index (χ3n) is 2.88. The minimum atomic E-state index is 0.0225. The second-order valence-corrected chi connectivity index (χ2v) is 5.72. The molecule has 0 amide bonds. The van der Waals surface area contributed by atoms with E-state index in [1.54, 1.807) is 18.9 Å². The van der Waals surface area contributed by atoms with Crippen molar-refractivity contribution in [3.05, 3.63) is 35.4 Å². The number of aryl methyl sites for hydroxylation is 1. The minimum absolute atomic E-state index is 0.0225. The van der Waals surface area contributed by atoms with Gasteiger partial charge < -0.3 is 4.74 Å². The Hall–Kier alpha value is -0.800. The van der Waals surface area contributed by atoms with Crippen LogP contribution in [0.2, 0.25) is 0 Å². The fraction of sp³-hybridized carbons (Fsp3) is 0.533. The Kier molecular flexibility index (Phi) is 7.06. The molecule has 0 radical (unpaired) electrons. The summed E-state index contributed by atoms with van der Waals surface area (Å²) < 4.78 is 5.00. The van der Waals surface area contributed by atoms with Gasteiger partial charge in [-0.1, -0.05) is 31.2 Å². The van der Waals surface area contributed by atoms with Crippen LogP contribution < -0.4 is 0 Å². The summed E-state index contributed by atoms with van der Waals surface area (Å²) >= 11 is 1.70. The Morgan fingerprint density at radius 2 is 2.00 bits per heavy atom. The molecule has 2 nitrogen and oxygen atoms in total. The predicted octanol–water partition coefficient (Wildman–Crippen LogP) is 3.59. The zero-order chi connectivity index (χ0) is 13.4. The Balaban J connectivity index is 2.46. The second kappa shape index (κ2) is 8.33. The lowest BCUT2D eigenvalue weighted by Gasteiger charge is -2.10. The molecule has 0 spiro atoms. The van der Waals surface area contributed by atoms with Crippen molar-refractivity contribution in [2.24, 2.45) is 0 Å². The van der Waals surface area contributed by atoms with Crippen LogP contribution in [0.25, 0.3) is 0 Å². The van der Waals surface area contributed by atoms with Crippen LogP contribution in [0.5, 0.6) is 0 Å². The molecular weight excluding hydrogens is 244 g/mol. The predicted molar refractivity (Wildman–Crippen MR) is 78.6 cm³/mol. The van der Waals surface area contributed by atoms with Gasteiger partial charge in [0.2, 0.25) is 0 Å². The highest BCUT2D eigenvalue weighted by Crippen LogP contribution is 2.17. The van der Waals surface area contributed by atoms with Crippen molar-refractivity contribution in [1.29, 1.82) is 0 Å².